The van der Waals surface area contributed by atoms with Crippen molar-refractivity contribution < 1.29 is 9.59 Å². The summed E-state index contributed by atoms with van der Waals surface area (Å²) in [6, 6.07) is 7.04. The van der Waals surface area contributed by atoms with E-state index in [1.807, 2.05) is 29.2 Å². The molecule has 22 heavy (non-hydrogen) atoms. The Morgan fingerprint density at radius 3 is 2.68 bits per heavy atom. The molecule has 0 aromatic heterocycles. The van der Waals surface area contributed by atoms with Crippen LogP contribution in [0.1, 0.15) is 31.4 Å². The molecule has 3 rings (SSSR count). The summed E-state index contributed by atoms with van der Waals surface area (Å²) in [6.45, 7) is 3.32. The van der Waals surface area contributed by atoms with E-state index in [0.717, 1.165) is 35.1 Å². The van der Waals surface area contributed by atoms with Gasteiger partial charge in [0.15, 0.2) is 0 Å². The first kappa shape index (κ1) is 15.1. The zero-order chi connectivity index (χ0) is 15.7. The highest BCUT2D eigenvalue weighted by atomic mass is 79.9. The van der Waals surface area contributed by atoms with Gasteiger partial charge in [0, 0.05) is 11.0 Å². The van der Waals surface area contributed by atoms with Crippen LogP contribution < -0.4 is 10.6 Å². The van der Waals surface area contributed by atoms with Gasteiger partial charge in [-0.1, -0.05) is 41.4 Å². The van der Waals surface area contributed by atoms with Crippen LogP contribution in [-0.4, -0.2) is 29.9 Å². The molecule has 2 N–H and O–H groups in total. The molecule has 3 amide bonds. The van der Waals surface area contributed by atoms with E-state index in [2.05, 4.69) is 33.5 Å². The SMILES string of the molecule is CCCCN1CC2=C(C1=O)[C@H](c1ccc(Br)cc1)NC(=O)N2. The third-order valence-corrected chi connectivity index (χ3v) is 4.53. The molecule has 5 nitrogen and oxygen atoms in total. The largest absolute Gasteiger partial charge is 0.333 e. The van der Waals surface area contributed by atoms with Crippen LogP contribution in [-0.2, 0) is 4.79 Å². The lowest BCUT2D eigenvalue weighted by Gasteiger charge is -2.25. The van der Waals surface area contributed by atoms with Crippen molar-refractivity contribution >= 4 is 27.9 Å². The monoisotopic (exact) mass is 363 g/mol. The van der Waals surface area contributed by atoms with Gasteiger partial charge < -0.3 is 15.5 Å². The summed E-state index contributed by atoms with van der Waals surface area (Å²) < 4.78 is 0.966. The van der Waals surface area contributed by atoms with Crippen molar-refractivity contribution in [2.75, 3.05) is 13.1 Å². The number of carbonyl (C=O) groups excluding carboxylic acids is 2. The second-order valence-electron chi connectivity index (χ2n) is 5.56. The lowest BCUT2D eigenvalue weighted by Crippen LogP contribution is -2.44. The van der Waals surface area contributed by atoms with Crippen molar-refractivity contribution in [2.45, 2.75) is 25.8 Å². The molecule has 1 atom stereocenters. The van der Waals surface area contributed by atoms with Gasteiger partial charge in [-0.05, 0) is 24.1 Å². The van der Waals surface area contributed by atoms with Crippen LogP contribution in [0.4, 0.5) is 4.79 Å². The van der Waals surface area contributed by atoms with E-state index in [4.69, 9.17) is 0 Å². The number of rotatable bonds is 4. The maximum atomic E-state index is 12.7. The summed E-state index contributed by atoms with van der Waals surface area (Å²) >= 11 is 3.40. The van der Waals surface area contributed by atoms with Crippen molar-refractivity contribution in [3.63, 3.8) is 0 Å². The Labute approximate surface area is 137 Å². The summed E-state index contributed by atoms with van der Waals surface area (Å²) in [5.41, 5.74) is 2.31. The van der Waals surface area contributed by atoms with E-state index in [1.54, 1.807) is 0 Å². The Balaban J connectivity index is 1.90. The van der Waals surface area contributed by atoms with Gasteiger partial charge in [0.1, 0.15) is 0 Å². The summed E-state index contributed by atoms with van der Waals surface area (Å²) in [5, 5.41) is 5.64. The minimum Gasteiger partial charge on any atom is -0.333 e. The van der Waals surface area contributed by atoms with E-state index < -0.39 is 0 Å². The first-order chi connectivity index (χ1) is 10.6. The summed E-state index contributed by atoms with van der Waals surface area (Å²) in [6.07, 6.45) is 2.01. The van der Waals surface area contributed by atoms with E-state index in [1.165, 1.54) is 0 Å². The minimum atomic E-state index is -0.379. The zero-order valence-electron chi connectivity index (χ0n) is 12.4. The lowest BCUT2D eigenvalue weighted by atomic mass is 9.96. The molecule has 1 aromatic carbocycles. The van der Waals surface area contributed by atoms with Crippen LogP contribution in [0.2, 0.25) is 0 Å². The highest BCUT2D eigenvalue weighted by molar-refractivity contribution is 9.10. The topological polar surface area (TPSA) is 61.4 Å². The quantitative estimate of drug-likeness (QED) is 0.863. The zero-order valence-corrected chi connectivity index (χ0v) is 13.9. The number of hydrogen-bond acceptors (Lipinski definition) is 2. The van der Waals surface area contributed by atoms with E-state index in [0.29, 0.717) is 12.1 Å². The van der Waals surface area contributed by atoms with Crippen molar-refractivity contribution in [1.82, 2.24) is 15.5 Å². The molecule has 0 saturated carbocycles. The van der Waals surface area contributed by atoms with E-state index >= 15 is 0 Å². The van der Waals surface area contributed by atoms with Crippen molar-refractivity contribution in [1.29, 1.82) is 0 Å². The number of urea groups is 1. The number of benzene rings is 1. The van der Waals surface area contributed by atoms with Gasteiger partial charge in [-0.15, -0.1) is 0 Å². The Bertz CT molecular complexity index is 639. The molecule has 0 spiro atoms. The van der Waals surface area contributed by atoms with Gasteiger partial charge in [-0.3, -0.25) is 4.79 Å². The maximum absolute atomic E-state index is 12.7. The fourth-order valence-corrected chi connectivity index (χ4v) is 3.13. The van der Waals surface area contributed by atoms with Crippen LogP contribution in [0.15, 0.2) is 40.0 Å². The summed E-state index contributed by atoms with van der Waals surface area (Å²) in [7, 11) is 0. The lowest BCUT2D eigenvalue weighted by molar-refractivity contribution is -0.125. The molecule has 0 radical (unpaired) electrons. The molecule has 1 aromatic rings. The Morgan fingerprint density at radius 2 is 2.00 bits per heavy atom. The standard InChI is InChI=1S/C16H18BrN3O2/c1-2-3-8-20-9-12-13(15(20)21)14(19-16(22)18-12)10-4-6-11(17)7-5-10/h4-7,14H,2-3,8-9H2,1H3,(H2,18,19,22)/t14-/m0/s1. The number of amides is 3. The number of nitrogens with zero attached hydrogens (tertiary/aromatic N) is 1. The third kappa shape index (κ3) is 2.75. The van der Waals surface area contributed by atoms with Gasteiger partial charge in [0.05, 0.1) is 23.9 Å². The smallest absolute Gasteiger partial charge is 0.319 e. The van der Waals surface area contributed by atoms with E-state index in [-0.39, 0.29) is 18.0 Å². The van der Waals surface area contributed by atoms with Crippen molar-refractivity contribution in [3.8, 4) is 0 Å². The molecule has 6 heteroatoms. The average molecular weight is 364 g/mol. The Morgan fingerprint density at radius 1 is 1.27 bits per heavy atom. The predicted octanol–water partition coefficient (Wildman–Crippen LogP) is 2.70. The van der Waals surface area contributed by atoms with Gasteiger partial charge in [-0.25, -0.2) is 4.79 Å². The molecular formula is C16H18BrN3O2. The molecule has 0 fully saturated rings. The number of nitrogens with one attached hydrogen (secondary N) is 2. The minimum absolute atomic E-state index is 0.0175. The Hall–Kier alpha value is -1.82. The molecule has 2 aliphatic heterocycles. The highest BCUT2D eigenvalue weighted by Gasteiger charge is 2.39. The first-order valence-corrected chi connectivity index (χ1v) is 8.24. The van der Waals surface area contributed by atoms with Crippen LogP contribution in [0.3, 0.4) is 0 Å². The average Bonchev–Trinajstić information content (AvgIpc) is 2.81. The van der Waals surface area contributed by atoms with Crippen LogP contribution in [0, 0.1) is 0 Å². The number of hydrogen-bond donors (Lipinski definition) is 2. The molecule has 0 bridgehead atoms. The molecule has 0 saturated heterocycles. The predicted molar refractivity (Wildman–Crippen MR) is 87.1 cm³/mol. The fraction of sp³-hybridized carbons (Fsp3) is 0.375. The van der Waals surface area contributed by atoms with Crippen molar-refractivity contribution in [2.24, 2.45) is 0 Å². The summed E-state index contributed by atoms with van der Waals surface area (Å²) in [5.74, 6) is 0.0175. The summed E-state index contributed by atoms with van der Waals surface area (Å²) in [4.78, 5) is 26.4. The first-order valence-electron chi connectivity index (χ1n) is 7.45. The van der Waals surface area contributed by atoms with E-state index in [9.17, 15) is 9.59 Å². The normalized spacial score (nSPS) is 20.8. The molecule has 0 aliphatic carbocycles. The number of carbonyl (C=O) groups is 2. The second kappa shape index (κ2) is 6.12. The molecule has 2 aliphatic rings. The molecule has 116 valence electrons. The maximum Gasteiger partial charge on any atom is 0.319 e. The van der Waals surface area contributed by atoms with Gasteiger partial charge in [0.25, 0.3) is 5.91 Å². The van der Waals surface area contributed by atoms with Crippen LogP contribution in [0.25, 0.3) is 0 Å². The molecular weight excluding hydrogens is 346 g/mol. The van der Waals surface area contributed by atoms with Crippen molar-refractivity contribution in [3.05, 3.63) is 45.6 Å². The van der Waals surface area contributed by atoms with Gasteiger partial charge in [0.2, 0.25) is 0 Å². The Kier molecular flexibility index (Phi) is 4.20. The van der Waals surface area contributed by atoms with Gasteiger partial charge in [-0.2, -0.15) is 0 Å². The number of halogens is 1. The molecule has 2 heterocycles. The van der Waals surface area contributed by atoms with Crippen LogP contribution >= 0.6 is 15.9 Å². The van der Waals surface area contributed by atoms with Gasteiger partial charge >= 0.3 is 6.03 Å². The highest BCUT2D eigenvalue weighted by Crippen LogP contribution is 2.32. The third-order valence-electron chi connectivity index (χ3n) is 4.01. The van der Waals surface area contributed by atoms with Crippen LogP contribution in [0.5, 0.6) is 0 Å². The number of unbranched alkanes of at least 4 members (excludes halogenated alkanes) is 1. The molecule has 0 unspecified atom stereocenters. The second-order valence-corrected chi connectivity index (χ2v) is 6.47. The fourth-order valence-electron chi connectivity index (χ4n) is 2.86.